The fourth-order valence-corrected chi connectivity index (χ4v) is 1.85. The van der Waals surface area contributed by atoms with Crippen LogP contribution in [-0.2, 0) is 0 Å². The van der Waals surface area contributed by atoms with Crippen molar-refractivity contribution in [3.05, 3.63) is 11.8 Å². The highest BCUT2D eigenvalue weighted by atomic mass is 15.1. The molecule has 1 atom stereocenters. The van der Waals surface area contributed by atoms with Crippen LogP contribution < -0.4 is 11.1 Å². The molecule has 0 aromatic carbocycles. The van der Waals surface area contributed by atoms with Crippen molar-refractivity contribution in [1.82, 2.24) is 9.97 Å². The van der Waals surface area contributed by atoms with Gasteiger partial charge in [-0.1, -0.05) is 27.7 Å². The maximum absolute atomic E-state index is 9.04. The quantitative estimate of drug-likeness (QED) is 0.834. The third kappa shape index (κ3) is 3.10. The van der Waals surface area contributed by atoms with Crippen molar-refractivity contribution >= 4 is 11.8 Å². The highest BCUT2D eigenvalue weighted by Crippen LogP contribution is 2.29. The Bertz CT molecular complexity index is 447. The van der Waals surface area contributed by atoms with Crippen molar-refractivity contribution < 1.29 is 0 Å². The molecule has 0 bridgehead atoms. The molecule has 98 valence electrons. The minimum atomic E-state index is 0.126. The van der Waals surface area contributed by atoms with Gasteiger partial charge in [-0.15, -0.1) is 0 Å². The van der Waals surface area contributed by atoms with Gasteiger partial charge in [0.15, 0.2) is 0 Å². The van der Waals surface area contributed by atoms with E-state index >= 15 is 0 Å². The van der Waals surface area contributed by atoms with E-state index in [1.165, 1.54) is 6.20 Å². The fourth-order valence-electron chi connectivity index (χ4n) is 1.85. The summed E-state index contributed by atoms with van der Waals surface area (Å²) in [6, 6.07) is 2.32. The lowest BCUT2D eigenvalue weighted by atomic mass is 9.80. The molecule has 1 aromatic rings. The number of nitrogens with two attached hydrogens (primary N) is 1. The van der Waals surface area contributed by atoms with Crippen molar-refractivity contribution in [3.63, 3.8) is 0 Å². The van der Waals surface area contributed by atoms with E-state index in [9.17, 15) is 0 Å². The zero-order valence-electron chi connectivity index (χ0n) is 11.5. The second-order valence-corrected chi connectivity index (χ2v) is 5.05. The summed E-state index contributed by atoms with van der Waals surface area (Å²) in [5.41, 5.74) is 6.12. The molecular formula is C13H21N5. The number of nitrogens with one attached hydrogen (secondary N) is 1. The first-order chi connectivity index (χ1) is 8.44. The summed E-state index contributed by atoms with van der Waals surface area (Å²) in [6.07, 6.45) is 3.45. The van der Waals surface area contributed by atoms with E-state index in [0.717, 1.165) is 12.8 Å². The standard InChI is InChI=1S/C13H21N5/c1-5-10(13(3,4)6-2)17-11-9(7-14)8-16-12(15)18-11/h8,10H,5-6H2,1-4H3,(H3,15,16,17,18). The molecule has 1 aromatic heterocycles. The van der Waals surface area contributed by atoms with Gasteiger partial charge in [0, 0.05) is 6.04 Å². The van der Waals surface area contributed by atoms with Crippen LogP contribution in [0.15, 0.2) is 6.20 Å². The summed E-state index contributed by atoms with van der Waals surface area (Å²) >= 11 is 0. The van der Waals surface area contributed by atoms with Gasteiger partial charge in [-0.2, -0.15) is 10.2 Å². The number of nitrogen functional groups attached to an aromatic ring is 1. The lowest BCUT2D eigenvalue weighted by Gasteiger charge is -2.34. The zero-order chi connectivity index (χ0) is 13.8. The third-order valence-electron chi connectivity index (χ3n) is 3.50. The van der Waals surface area contributed by atoms with E-state index in [-0.39, 0.29) is 17.4 Å². The summed E-state index contributed by atoms with van der Waals surface area (Å²) in [6.45, 7) is 8.67. The molecule has 0 aliphatic carbocycles. The molecule has 18 heavy (non-hydrogen) atoms. The van der Waals surface area contributed by atoms with Gasteiger partial charge in [-0.25, -0.2) is 4.98 Å². The SMILES string of the molecule is CCC(Nc1nc(N)ncc1C#N)C(C)(C)CC. The van der Waals surface area contributed by atoms with E-state index < -0.39 is 0 Å². The molecule has 0 spiro atoms. The van der Waals surface area contributed by atoms with E-state index in [0.29, 0.717) is 11.4 Å². The number of hydrogen-bond acceptors (Lipinski definition) is 5. The first kappa shape index (κ1) is 14.2. The van der Waals surface area contributed by atoms with E-state index in [1.807, 2.05) is 0 Å². The lowest BCUT2D eigenvalue weighted by molar-refractivity contribution is 0.285. The van der Waals surface area contributed by atoms with Crippen molar-refractivity contribution in [3.8, 4) is 6.07 Å². The molecule has 5 nitrogen and oxygen atoms in total. The average molecular weight is 247 g/mol. The van der Waals surface area contributed by atoms with Gasteiger partial charge in [0.1, 0.15) is 17.5 Å². The van der Waals surface area contributed by atoms with Gasteiger partial charge >= 0.3 is 0 Å². The molecular weight excluding hydrogens is 226 g/mol. The highest BCUT2D eigenvalue weighted by Gasteiger charge is 2.27. The van der Waals surface area contributed by atoms with Crippen LogP contribution in [0, 0.1) is 16.7 Å². The van der Waals surface area contributed by atoms with Crippen molar-refractivity contribution in [2.24, 2.45) is 5.41 Å². The maximum Gasteiger partial charge on any atom is 0.222 e. The summed E-state index contributed by atoms with van der Waals surface area (Å²) in [4.78, 5) is 7.94. The number of anilines is 2. The molecule has 5 heteroatoms. The van der Waals surface area contributed by atoms with Gasteiger partial charge in [0.25, 0.3) is 0 Å². The van der Waals surface area contributed by atoms with E-state index in [1.54, 1.807) is 0 Å². The van der Waals surface area contributed by atoms with Crippen LogP contribution in [-0.4, -0.2) is 16.0 Å². The second kappa shape index (κ2) is 5.67. The average Bonchev–Trinajstić information content (AvgIpc) is 2.35. The van der Waals surface area contributed by atoms with Crippen LogP contribution in [0.2, 0.25) is 0 Å². The Morgan fingerprint density at radius 1 is 1.50 bits per heavy atom. The first-order valence-electron chi connectivity index (χ1n) is 6.23. The highest BCUT2D eigenvalue weighted by molar-refractivity contribution is 5.53. The molecule has 0 saturated carbocycles. The first-order valence-corrected chi connectivity index (χ1v) is 6.23. The maximum atomic E-state index is 9.04. The summed E-state index contributed by atoms with van der Waals surface area (Å²) in [5, 5.41) is 12.4. The minimum absolute atomic E-state index is 0.126. The molecule has 0 aliphatic rings. The summed E-state index contributed by atoms with van der Waals surface area (Å²) in [7, 11) is 0. The van der Waals surface area contributed by atoms with Crippen LogP contribution in [0.4, 0.5) is 11.8 Å². The topological polar surface area (TPSA) is 87.6 Å². The van der Waals surface area contributed by atoms with E-state index in [4.69, 9.17) is 11.0 Å². The Hall–Kier alpha value is -1.83. The molecule has 1 unspecified atom stereocenters. The molecule has 0 saturated heterocycles. The molecule has 0 aliphatic heterocycles. The molecule has 1 rings (SSSR count). The van der Waals surface area contributed by atoms with Crippen molar-refractivity contribution in [2.75, 3.05) is 11.1 Å². The largest absolute Gasteiger partial charge is 0.368 e. The number of hydrogen-bond donors (Lipinski definition) is 2. The second-order valence-electron chi connectivity index (χ2n) is 5.05. The van der Waals surface area contributed by atoms with E-state index in [2.05, 4.69) is 49.0 Å². The molecule has 0 fully saturated rings. The van der Waals surface area contributed by atoms with Crippen LogP contribution in [0.5, 0.6) is 0 Å². The summed E-state index contributed by atoms with van der Waals surface area (Å²) in [5.74, 6) is 0.707. The third-order valence-corrected chi connectivity index (χ3v) is 3.50. The smallest absolute Gasteiger partial charge is 0.222 e. The lowest BCUT2D eigenvalue weighted by Crippen LogP contribution is -2.35. The minimum Gasteiger partial charge on any atom is -0.368 e. The fraction of sp³-hybridized carbons (Fsp3) is 0.615. The van der Waals surface area contributed by atoms with Crippen LogP contribution in [0.25, 0.3) is 0 Å². The van der Waals surface area contributed by atoms with Crippen LogP contribution >= 0.6 is 0 Å². The Morgan fingerprint density at radius 2 is 2.17 bits per heavy atom. The van der Waals surface area contributed by atoms with Crippen molar-refractivity contribution in [1.29, 1.82) is 5.26 Å². The molecule has 3 N–H and O–H groups in total. The number of rotatable bonds is 5. The normalized spacial score (nSPS) is 12.8. The molecule has 0 radical (unpaired) electrons. The molecule has 1 heterocycles. The summed E-state index contributed by atoms with van der Waals surface area (Å²) < 4.78 is 0. The Labute approximate surface area is 108 Å². The predicted octanol–water partition coefficient (Wildman–Crippen LogP) is 2.56. The van der Waals surface area contributed by atoms with Crippen molar-refractivity contribution in [2.45, 2.75) is 46.6 Å². The van der Waals surface area contributed by atoms with Gasteiger partial charge in [-0.3, -0.25) is 0 Å². The van der Waals surface area contributed by atoms with Gasteiger partial charge in [0.2, 0.25) is 5.95 Å². The Balaban J connectivity index is 3.02. The van der Waals surface area contributed by atoms with Crippen LogP contribution in [0.3, 0.4) is 0 Å². The van der Waals surface area contributed by atoms with Gasteiger partial charge < -0.3 is 11.1 Å². The Morgan fingerprint density at radius 3 is 2.67 bits per heavy atom. The van der Waals surface area contributed by atoms with Gasteiger partial charge in [0.05, 0.1) is 6.20 Å². The number of nitriles is 1. The molecule has 0 amide bonds. The predicted molar refractivity (Wildman–Crippen MR) is 72.9 cm³/mol. The van der Waals surface area contributed by atoms with Crippen LogP contribution in [0.1, 0.15) is 46.1 Å². The zero-order valence-corrected chi connectivity index (χ0v) is 11.5. The number of aromatic nitrogens is 2. The number of nitrogens with zero attached hydrogens (tertiary/aromatic N) is 3. The Kier molecular flexibility index (Phi) is 4.49. The monoisotopic (exact) mass is 247 g/mol. The van der Waals surface area contributed by atoms with Gasteiger partial charge in [-0.05, 0) is 18.3 Å².